The van der Waals surface area contributed by atoms with Crippen LogP contribution in [0.2, 0.25) is 0 Å². The molecule has 0 atom stereocenters. The van der Waals surface area contributed by atoms with Crippen LogP contribution < -0.4 is 4.74 Å². The number of methoxy groups -OCH3 is 1. The predicted molar refractivity (Wildman–Crippen MR) is 121 cm³/mol. The van der Waals surface area contributed by atoms with E-state index in [2.05, 4.69) is 0 Å². The molecule has 1 heterocycles. The number of nitrogens with zero attached hydrogens (tertiary/aromatic N) is 3. The fraction of sp³-hybridized carbons (Fsp3) is 0.200. The molecule has 0 bridgehead atoms. The maximum absolute atomic E-state index is 13.6. The van der Waals surface area contributed by atoms with Crippen LogP contribution in [0.4, 0.5) is 4.39 Å². The number of hydrogen-bond acceptors (Lipinski definition) is 3. The molecule has 3 aromatic rings. The van der Waals surface area contributed by atoms with Gasteiger partial charge in [-0.05, 0) is 49.2 Å². The van der Waals surface area contributed by atoms with Gasteiger partial charge in [-0.1, -0.05) is 48.6 Å². The molecule has 31 heavy (non-hydrogen) atoms. The molecule has 0 saturated heterocycles. The van der Waals surface area contributed by atoms with Crippen molar-refractivity contribution in [2.75, 3.05) is 14.2 Å². The minimum Gasteiger partial charge on any atom is -0.480 e. The Morgan fingerprint density at radius 1 is 1.13 bits per heavy atom. The topological polar surface area (TPSA) is 47.4 Å². The van der Waals surface area contributed by atoms with Gasteiger partial charge in [-0.25, -0.2) is 4.39 Å². The van der Waals surface area contributed by atoms with E-state index in [0.29, 0.717) is 23.7 Å². The van der Waals surface area contributed by atoms with E-state index in [4.69, 9.17) is 9.84 Å². The van der Waals surface area contributed by atoms with E-state index >= 15 is 0 Å². The number of ether oxygens (including phenoxy) is 1. The number of amides is 1. The fourth-order valence-corrected chi connectivity index (χ4v) is 3.35. The molecule has 2 aromatic carbocycles. The summed E-state index contributed by atoms with van der Waals surface area (Å²) < 4.78 is 20.6. The zero-order valence-corrected chi connectivity index (χ0v) is 18.2. The normalized spacial score (nSPS) is 11.7. The maximum atomic E-state index is 13.6. The van der Waals surface area contributed by atoms with Gasteiger partial charge in [-0.2, -0.15) is 9.78 Å². The molecule has 0 saturated carbocycles. The van der Waals surface area contributed by atoms with Gasteiger partial charge in [0.1, 0.15) is 17.1 Å². The Morgan fingerprint density at radius 3 is 2.39 bits per heavy atom. The predicted octanol–water partition coefficient (Wildman–Crippen LogP) is 5.27. The molecule has 0 aliphatic heterocycles. The smallest absolute Gasteiger partial charge is 0.261 e. The van der Waals surface area contributed by atoms with Crippen LogP contribution in [-0.4, -0.2) is 34.7 Å². The summed E-state index contributed by atoms with van der Waals surface area (Å²) in [7, 11) is 3.24. The highest BCUT2D eigenvalue weighted by Gasteiger charge is 2.29. The van der Waals surface area contributed by atoms with Crippen molar-refractivity contribution in [2.24, 2.45) is 0 Å². The average molecular weight is 420 g/mol. The second-order valence-corrected chi connectivity index (χ2v) is 7.01. The van der Waals surface area contributed by atoms with Crippen LogP contribution in [0.1, 0.15) is 35.5 Å². The second kappa shape index (κ2) is 9.89. The summed E-state index contributed by atoms with van der Waals surface area (Å²) in [6.07, 6.45) is 5.72. The zero-order valence-electron chi connectivity index (χ0n) is 18.2. The van der Waals surface area contributed by atoms with E-state index < -0.39 is 0 Å². The van der Waals surface area contributed by atoms with E-state index in [1.165, 1.54) is 19.2 Å². The Labute approximate surface area is 182 Å². The standard InChI is InChI=1S/C25H26FN3O2/c1-5-10-19(6-2)23-22(24(30)28(3)17-18-13-15-20(26)16-14-18)25(31-4)29(27-23)21-11-8-7-9-12-21/h5-16H,17H2,1-4H3/b10-5-,19-6+. The van der Waals surface area contributed by atoms with Gasteiger partial charge in [0.05, 0.1) is 12.8 Å². The highest BCUT2D eigenvalue weighted by Crippen LogP contribution is 2.32. The number of para-hydroxylation sites is 1. The van der Waals surface area contributed by atoms with E-state index in [1.807, 2.05) is 62.4 Å². The summed E-state index contributed by atoms with van der Waals surface area (Å²) in [6.45, 7) is 4.14. The molecule has 0 unspecified atom stereocenters. The van der Waals surface area contributed by atoms with Gasteiger partial charge in [-0.3, -0.25) is 4.79 Å². The first-order chi connectivity index (χ1) is 15.0. The Bertz CT molecular complexity index is 1100. The summed E-state index contributed by atoms with van der Waals surface area (Å²) in [6, 6.07) is 15.6. The number of allylic oxidation sites excluding steroid dienone is 4. The Hall–Kier alpha value is -3.67. The molecule has 0 aliphatic rings. The molecule has 1 aromatic heterocycles. The highest BCUT2D eigenvalue weighted by molar-refractivity contribution is 6.01. The van der Waals surface area contributed by atoms with Crippen molar-refractivity contribution in [1.82, 2.24) is 14.7 Å². The first-order valence-electron chi connectivity index (χ1n) is 10.0. The quantitative estimate of drug-likeness (QED) is 0.490. The van der Waals surface area contributed by atoms with Gasteiger partial charge >= 0.3 is 0 Å². The summed E-state index contributed by atoms with van der Waals surface area (Å²) in [5, 5.41) is 4.74. The van der Waals surface area contributed by atoms with Crippen LogP contribution in [0.3, 0.4) is 0 Å². The van der Waals surface area contributed by atoms with E-state index in [-0.39, 0.29) is 11.7 Å². The van der Waals surface area contributed by atoms with Gasteiger partial charge < -0.3 is 9.64 Å². The lowest BCUT2D eigenvalue weighted by atomic mass is 10.1. The second-order valence-electron chi connectivity index (χ2n) is 7.01. The zero-order chi connectivity index (χ0) is 22.4. The molecule has 1 amide bonds. The molecular formula is C25H26FN3O2. The number of hydrogen-bond donors (Lipinski definition) is 0. The third-order valence-electron chi connectivity index (χ3n) is 4.86. The third kappa shape index (κ3) is 4.74. The highest BCUT2D eigenvalue weighted by atomic mass is 19.1. The molecule has 0 fully saturated rings. The lowest BCUT2D eigenvalue weighted by Crippen LogP contribution is -2.27. The fourth-order valence-electron chi connectivity index (χ4n) is 3.35. The molecule has 6 heteroatoms. The summed E-state index contributed by atoms with van der Waals surface area (Å²) in [5.74, 6) is -0.182. The summed E-state index contributed by atoms with van der Waals surface area (Å²) >= 11 is 0. The Kier molecular flexibility index (Phi) is 7.03. The molecule has 0 aliphatic carbocycles. The molecule has 0 spiro atoms. The lowest BCUT2D eigenvalue weighted by Gasteiger charge is -2.18. The molecule has 0 N–H and O–H groups in total. The van der Waals surface area contributed by atoms with Crippen molar-refractivity contribution < 1.29 is 13.9 Å². The largest absolute Gasteiger partial charge is 0.480 e. The van der Waals surface area contributed by atoms with Crippen LogP contribution >= 0.6 is 0 Å². The number of carbonyl (C=O) groups excluding carboxylic acids is 1. The van der Waals surface area contributed by atoms with Crippen LogP contribution in [0, 0.1) is 5.82 Å². The molecule has 3 rings (SSSR count). The minimum atomic E-state index is -0.310. The molecular weight excluding hydrogens is 393 g/mol. The van der Waals surface area contributed by atoms with Gasteiger partial charge in [-0.15, -0.1) is 0 Å². The van der Waals surface area contributed by atoms with E-state index in [9.17, 15) is 9.18 Å². The third-order valence-corrected chi connectivity index (χ3v) is 4.86. The first-order valence-corrected chi connectivity index (χ1v) is 10.0. The lowest BCUT2D eigenvalue weighted by molar-refractivity contribution is 0.0781. The minimum absolute atomic E-state index is 0.234. The Balaban J connectivity index is 2.10. The van der Waals surface area contributed by atoms with E-state index in [1.54, 1.807) is 28.8 Å². The first kappa shape index (κ1) is 22.0. The van der Waals surface area contributed by atoms with Crippen LogP contribution in [0.25, 0.3) is 11.3 Å². The SMILES string of the molecule is C/C=C\C(=C/C)c1nn(-c2ccccc2)c(OC)c1C(=O)N(C)Cc1ccc(F)cc1. The van der Waals surface area contributed by atoms with Crippen LogP contribution in [-0.2, 0) is 6.54 Å². The van der Waals surface area contributed by atoms with Crippen LogP contribution in [0.5, 0.6) is 5.88 Å². The summed E-state index contributed by atoms with van der Waals surface area (Å²) in [4.78, 5) is 15.1. The molecule has 0 radical (unpaired) electrons. The average Bonchev–Trinajstić information content (AvgIpc) is 3.18. The Morgan fingerprint density at radius 2 is 1.81 bits per heavy atom. The summed E-state index contributed by atoms with van der Waals surface area (Å²) in [5.41, 5.74) is 3.35. The van der Waals surface area contributed by atoms with Crippen molar-refractivity contribution in [1.29, 1.82) is 0 Å². The van der Waals surface area contributed by atoms with Gasteiger partial charge in [0.2, 0.25) is 5.88 Å². The number of aromatic nitrogens is 2. The van der Waals surface area contributed by atoms with E-state index in [0.717, 1.165) is 16.8 Å². The number of benzene rings is 2. The van der Waals surface area contributed by atoms with Crippen molar-refractivity contribution >= 4 is 11.5 Å². The molecule has 160 valence electrons. The maximum Gasteiger partial charge on any atom is 0.261 e. The van der Waals surface area contributed by atoms with Crippen molar-refractivity contribution in [3.63, 3.8) is 0 Å². The van der Waals surface area contributed by atoms with Gasteiger partial charge in [0.25, 0.3) is 5.91 Å². The van der Waals surface area contributed by atoms with Crippen molar-refractivity contribution in [3.8, 4) is 11.6 Å². The number of halogens is 1. The van der Waals surface area contributed by atoms with Gasteiger partial charge in [0.15, 0.2) is 0 Å². The van der Waals surface area contributed by atoms with Crippen molar-refractivity contribution in [2.45, 2.75) is 20.4 Å². The number of carbonyl (C=O) groups is 1. The molecule has 5 nitrogen and oxygen atoms in total. The number of rotatable bonds is 7. The van der Waals surface area contributed by atoms with Crippen LogP contribution in [0.15, 0.2) is 72.8 Å². The monoisotopic (exact) mass is 419 g/mol. The van der Waals surface area contributed by atoms with Gasteiger partial charge in [0, 0.05) is 13.6 Å². The van der Waals surface area contributed by atoms with Crippen molar-refractivity contribution in [3.05, 3.63) is 95.5 Å².